The van der Waals surface area contributed by atoms with E-state index >= 15 is 0 Å². The van der Waals surface area contributed by atoms with E-state index in [1.165, 1.54) is 32.2 Å². The summed E-state index contributed by atoms with van der Waals surface area (Å²) in [6.07, 6.45) is 0. The number of nitrogens with one attached hydrogen (secondary N) is 2. The van der Waals surface area contributed by atoms with Gasteiger partial charge in [-0.15, -0.1) is 0 Å². The highest BCUT2D eigenvalue weighted by Gasteiger charge is 2.17. The third-order valence-electron chi connectivity index (χ3n) is 3.05. The molecule has 2 amide bonds. The van der Waals surface area contributed by atoms with Crippen LogP contribution in [0.4, 0.5) is 15.8 Å². The fourth-order valence-electron chi connectivity index (χ4n) is 1.99. The van der Waals surface area contributed by atoms with E-state index in [0.717, 1.165) is 12.1 Å². The summed E-state index contributed by atoms with van der Waals surface area (Å²) in [6, 6.07) is 6.17. The predicted octanol–water partition coefficient (Wildman–Crippen LogP) is 3.40. The Morgan fingerprint density at radius 3 is 2.50 bits per heavy atom. The number of phenolic OH excluding ortho intramolecular Hbond substituents is 1. The number of carbonyl (C=O) groups excluding carboxylic acids is 2. The number of amides is 2. The molecule has 0 aliphatic carbocycles. The van der Waals surface area contributed by atoms with E-state index in [1.54, 1.807) is 0 Å². The molecule has 0 radical (unpaired) electrons. The molecule has 0 saturated carbocycles. The molecule has 24 heavy (non-hydrogen) atoms. The minimum absolute atomic E-state index is 0.00366. The third-order valence-corrected chi connectivity index (χ3v) is 3.34. The summed E-state index contributed by atoms with van der Waals surface area (Å²) >= 11 is 5.67. The highest BCUT2D eigenvalue weighted by atomic mass is 35.5. The zero-order valence-corrected chi connectivity index (χ0v) is 13.6. The number of halogens is 2. The normalized spacial score (nSPS) is 10.2. The molecule has 0 spiro atoms. The van der Waals surface area contributed by atoms with Crippen molar-refractivity contribution in [3.63, 3.8) is 0 Å². The maximum absolute atomic E-state index is 13.2. The summed E-state index contributed by atoms with van der Waals surface area (Å²) in [6.45, 7) is 1.28. The van der Waals surface area contributed by atoms with E-state index in [4.69, 9.17) is 16.3 Å². The first-order chi connectivity index (χ1) is 11.3. The van der Waals surface area contributed by atoms with E-state index in [9.17, 15) is 19.1 Å². The van der Waals surface area contributed by atoms with Crippen LogP contribution in [0.2, 0.25) is 5.02 Å². The lowest BCUT2D eigenvalue weighted by Crippen LogP contribution is -2.16. The molecule has 0 fully saturated rings. The van der Waals surface area contributed by atoms with Gasteiger partial charge in [0.25, 0.3) is 5.91 Å². The van der Waals surface area contributed by atoms with Crippen LogP contribution in [-0.2, 0) is 4.79 Å². The van der Waals surface area contributed by atoms with Crippen molar-refractivity contribution in [1.29, 1.82) is 0 Å². The monoisotopic (exact) mass is 352 g/mol. The molecule has 0 aromatic heterocycles. The Balaban J connectivity index is 2.37. The van der Waals surface area contributed by atoms with Crippen molar-refractivity contribution in [3.05, 3.63) is 46.7 Å². The molecule has 8 heteroatoms. The highest BCUT2D eigenvalue weighted by Crippen LogP contribution is 2.33. The van der Waals surface area contributed by atoms with Gasteiger partial charge in [0.05, 0.1) is 23.4 Å². The van der Waals surface area contributed by atoms with Crippen LogP contribution in [-0.4, -0.2) is 24.0 Å². The molecule has 126 valence electrons. The lowest BCUT2D eigenvalue weighted by atomic mass is 10.1. The Morgan fingerprint density at radius 2 is 1.92 bits per heavy atom. The zero-order valence-electron chi connectivity index (χ0n) is 12.8. The SMILES string of the molecule is COc1cc(NC(C)=O)c(C(=O)Nc2ccc(F)c(Cl)c2)cc1O. The first kappa shape index (κ1) is 17.6. The van der Waals surface area contributed by atoms with Gasteiger partial charge in [0.15, 0.2) is 11.5 Å². The molecule has 0 heterocycles. The number of hydrogen-bond acceptors (Lipinski definition) is 4. The number of phenols is 1. The van der Waals surface area contributed by atoms with Crippen LogP contribution in [0.15, 0.2) is 30.3 Å². The van der Waals surface area contributed by atoms with Crippen molar-refractivity contribution in [2.45, 2.75) is 6.92 Å². The first-order valence-corrected chi connectivity index (χ1v) is 7.14. The fraction of sp³-hybridized carbons (Fsp3) is 0.125. The average molecular weight is 353 g/mol. The van der Waals surface area contributed by atoms with Crippen LogP contribution in [0.1, 0.15) is 17.3 Å². The molecule has 3 N–H and O–H groups in total. The summed E-state index contributed by atoms with van der Waals surface area (Å²) in [5.74, 6) is -1.81. The number of anilines is 2. The quantitative estimate of drug-likeness (QED) is 0.736. The maximum Gasteiger partial charge on any atom is 0.257 e. The molecular weight excluding hydrogens is 339 g/mol. The second-order valence-electron chi connectivity index (χ2n) is 4.83. The number of methoxy groups -OCH3 is 1. The molecule has 0 aliphatic heterocycles. The smallest absolute Gasteiger partial charge is 0.257 e. The molecule has 0 bridgehead atoms. The van der Waals surface area contributed by atoms with Gasteiger partial charge in [-0.05, 0) is 24.3 Å². The molecule has 2 aromatic rings. The van der Waals surface area contributed by atoms with E-state index in [-0.39, 0.29) is 33.5 Å². The lowest BCUT2D eigenvalue weighted by Gasteiger charge is -2.13. The van der Waals surface area contributed by atoms with Gasteiger partial charge in [0.2, 0.25) is 5.91 Å². The Morgan fingerprint density at radius 1 is 1.21 bits per heavy atom. The molecule has 2 rings (SSSR count). The first-order valence-electron chi connectivity index (χ1n) is 6.76. The molecule has 0 unspecified atom stereocenters. The zero-order chi connectivity index (χ0) is 17.9. The van der Waals surface area contributed by atoms with Gasteiger partial charge in [-0.1, -0.05) is 11.6 Å². The summed E-state index contributed by atoms with van der Waals surface area (Å²) in [5.41, 5.74) is 0.419. The summed E-state index contributed by atoms with van der Waals surface area (Å²) in [7, 11) is 1.34. The van der Waals surface area contributed by atoms with Gasteiger partial charge in [0, 0.05) is 18.7 Å². The highest BCUT2D eigenvalue weighted by molar-refractivity contribution is 6.31. The Kier molecular flexibility index (Phi) is 5.25. The van der Waals surface area contributed by atoms with Crippen molar-refractivity contribution in [1.82, 2.24) is 0 Å². The molecular formula is C16H14ClFN2O4. The lowest BCUT2D eigenvalue weighted by molar-refractivity contribution is -0.114. The number of ether oxygens (including phenoxy) is 1. The van der Waals surface area contributed by atoms with Crippen LogP contribution in [0.5, 0.6) is 11.5 Å². The van der Waals surface area contributed by atoms with Gasteiger partial charge in [-0.25, -0.2) is 4.39 Å². The van der Waals surface area contributed by atoms with Gasteiger partial charge in [-0.3, -0.25) is 9.59 Å². The van der Waals surface area contributed by atoms with Gasteiger partial charge in [-0.2, -0.15) is 0 Å². The maximum atomic E-state index is 13.2. The molecule has 0 atom stereocenters. The number of aromatic hydroxyl groups is 1. The van der Waals surface area contributed by atoms with Crippen molar-refractivity contribution in [3.8, 4) is 11.5 Å². The van der Waals surface area contributed by atoms with Crippen LogP contribution in [0.25, 0.3) is 0 Å². The topological polar surface area (TPSA) is 87.7 Å². The summed E-state index contributed by atoms with van der Waals surface area (Å²) in [5, 5.41) is 14.7. The largest absolute Gasteiger partial charge is 0.504 e. The van der Waals surface area contributed by atoms with Crippen molar-refractivity contribution < 1.29 is 23.8 Å². The predicted molar refractivity (Wildman–Crippen MR) is 88.3 cm³/mol. The fourth-order valence-corrected chi connectivity index (χ4v) is 2.17. The van der Waals surface area contributed by atoms with E-state index in [0.29, 0.717) is 0 Å². The average Bonchev–Trinajstić information content (AvgIpc) is 2.51. The molecule has 2 aromatic carbocycles. The number of benzene rings is 2. The number of hydrogen-bond donors (Lipinski definition) is 3. The third kappa shape index (κ3) is 3.94. The van der Waals surface area contributed by atoms with E-state index in [1.807, 2.05) is 0 Å². The second kappa shape index (κ2) is 7.18. The van der Waals surface area contributed by atoms with Gasteiger partial charge < -0.3 is 20.5 Å². The standard InChI is InChI=1S/C16H14ClFN2O4/c1-8(21)19-13-7-15(24-2)14(22)6-10(13)16(23)20-9-3-4-12(18)11(17)5-9/h3-7,22H,1-2H3,(H,19,21)(H,20,23). The molecule has 0 saturated heterocycles. The Hall–Kier alpha value is -2.80. The number of carbonyl (C=O) groups is 2. The van der Waals surface area contributed by atoms with Crippen LogP contribution in [0.3, 0.4) is 0 Å². The minimum atomic E-state index is -0.626. The van der Waals surface area contributed by atoms with Crippen LogP contribution < -0.4 is 15.4 Å². The van der Waals surface area contributed by atoms with E-state index < -0.39 is 17.6 Å². The van der Waals surface area contributed by atoms with Crippen molar-refractivity contribution >= 4 is 34.8 Å². The Bertz CT molecular complexity index is 811. The molecule has 6 nitrogen and oxygen atoms in total. The Labute approximate surface area is 142 Å². The van der Waals surface area contributed by atoms with Crippen molar-refractivity contribution in [2.75, 3.05) is 17.7 Å². The number of rotatable bonds is 4. The second-order valence-corrected chi connectivity index (χ2v) is 5.24. The van der Waals surface area contributed by atoms with E-state index in [2.05, 4.69) is 10.6 Å². The van der Waals surface area contributed by atoms with Gasteiger partial charge >= 0.3 is 0 Å². The summed E-state index contributed by atoms with van der Waals surface area (Å²) in [4.78, 5) is 23.7. The van der Waals surface area contributed by atoms with Crippen LogP contribution >= 0.6 is 11.6 Å². The summed E-state index contributed by atoms with van der Waals surface area (Å²) < 4.78 is 18.1. The van der Waals surface area contributed by atoms with Gasteiger partial charge in [0.1, 0.15) is 5.82 Å². The van der Waals surface area contributed by atoms with Crippen LogP contribution in [0, 0.1) is 5.82 Å². The minimum Gasteiger partial charge on any atom is -0.504 e. The molecule has 0 aliphatic rings. The van der Waals surface area contributed by atoms with Crippen molar-refractivity contribution in [2.24, 2.45) is 0 Å².